The van der Waals surface area contributed by atoms with Gasteiger partial charge in [0.2, 0.25) is 0 Å². The van der Waals surface area contributed by atoms with E-state index in [1.54, 1.807) is 40.6 Å². The SMILES string of the molecule is COc1cc(Cl)c(NC(C)C(OC)OC)cc1OC. The Morgan fingerprint density at radius 2 is 1.53 bits per heavy atom. The van der Waals surface area contributed by atoms with Gasteiger partial charge in [0, 0.05) is 26.4 Å². The molecule has 1 atom stereocenters. The summed E-state index contributed by atoms with van der Waals surface area (Å²) in [6, 6.07) is 3.40. The van der Waals surface area contributed by atoms with Crippen molar-refractivity contribution < 1.29 is 18.9 Å². The Bertz CT molecular complexity index is 410. The Balaban J connectivity index is 2.95. The number of nitrogens with one attached hydrogen (secondary N) is 1. The van der Waals surface area contributed by atoms with Crippen molar-refractivity contribution >= 4 is 17.3 Å². The van der Waals surface area contributed by atoms with E-state index in [0.717, 1.165) is 5.69 Å². The van der Waals surface area contributed by atoms with Gasteiger partial charge in [0.15, 0.2) is 17.8 Å². The number of rotatable bonds is 7. The number of anilines is 1. The van der Waals surface area contributed by atoms with Crippen LogP contribution in [-0.2, 0) is 9.47 Å². The number of ether oxygens (including phenoxy) is 4. The highest BCUT2D eigenvalue weighted by Crippen LogP contribution is 2.36. The molecule has 1 aromatic carbocycles. The van der Waals surface area contributed by atoms with Crippen LogP contribution in [-0.4, -0.2) is 40.8 Å². The molecule has 0 saturated heterocycles. The molecule has 0 amide bonds. The van der Waals surface area contributed by atoms with Crippen molar-refractivity contribution in [3.63, 3.8) is 0 Å². The lowest BCUT2D eigenvalue weighted by Crippen LogP contribution is -2.33. The maximum atomic E-state index is 6.19. The van der Waals surface area contributed by atoms with E-state index < -0.39 is 0 Å². The van der Waals surface area contributed by atoms with Crippen molar-refractivity contribution in [1.82, 2.24) is 0 Å². The van der Waals surface area contributed by atoms with Gasteiger partial charge in [-0.3, -0.25) is 0 Å². The Morgan fingerprint density at radius 1 is 1.00 bits per heavy atom. The molecule has 0 aliphatic heterocycles. The van der Waals surface area contributed by atoms with E-state index >= 15 is 0 Å². The first-order valence-electron chi connectivity index (χ1n) is 5.81. The standard InChI is InChI=1S/C13H20ClNO4/c1-8(13(18-4)19-5)15-10-7-12(17-3)11(16-2)6-9(10)14/h6-8,13,15H,1-5H3. The molecule has 1 aromatic rings. The average Bonchev–Trinajstić information content (AvgIpc) is 2.41. The molecule has 0 heterocycles. The second-order valence-electron chi connectivity index (χ2n) is 3.96. The molecule has 0 aromatic heterocycles. The molecular weight excluding hydrogens is 270 g/mol. The third kappa shape index (κ3) is 3.89. The third-order valence-electron chi connectivity index (χ3n) is 2.73. The maximum Gasteiger partial charge on any atom is 0.176 e. The highest BCUT2D eigenvalue weighted by Gasteiger charge is 2.18. The van der Waals surface area contributed by atoms with E-state index in [1.807, 2.05) is 6.92 Å². The summed E-state index contributed by atoms with van der Waals surface area (Å²) in [5, 5.41) is 3.76. The maximum absolute atomic E-state index is 6.19. The van der Waals surface area contributed by atoms with Crippen molar-refractivity contribution in [2.45, 2.75) is 19.3 Å². The van der Waals surface area contributed by atoms with E-state index in [0.29, 0.717) is 16.5 Å². The van der Waals surface area contributed by atoms with Gasteiger partial charge in [-0.2, -0.15) is 0 Å². The lowest BCUT2D eigenvalue weighted by molar-refractivity contribution is -0.109. The first-order chi connectivity index (χ1) is 9.07. The fourth-order valence-electron chi connectivity index (χ4n) is 1.78. The predicted molar refractivity (Wildman–Crippen MR) is 75.4 cm³/mol. The van der Waals surface area contributed by atoms with Gasteiger partial charge in [-0.15, -0.1) is 0 Å². The molecule has 6 heteroatoms. The second-order valence-corrected chi connectivity index (χ2v) is 4.37. The van der Waals surface area contributed by atoms with Crippen molar-refractivity contribution in [3.8, 4) is 11.5 Å². The second kappa shape index (κ2) is 7.43. The van der Waals surface area contributed by atoms with Gasteiger partial charge in [0.1, 0.15) is 0 Å². The van der Waals surface area contributed by atoms with Crippen LogP contribution in [0.1, 0.15) is 6.92 Å². The van der Waals surface area contributed by atoms with Gasteiger partial charge in [-0.25, -0.2) is 0 Å². The molecule has 0 aliphatic carbocycles. The highest BCUT2D eigenvalue weighted by molar-refractivity contribution is 6.33. The molecule has 0 fully saturated rings. The monoisotopic (exact) mass is 289 g/mol. The summed E-state index contributed by atoms with van der Waals surface area (Å²) in [7, 11) is 6.31. The molecule has 1 N–H and O–H groups in total. The zero-order valence-electron chi connectivity index (χ0n) is 11.8. The van der Waals surface area contributed by atoms with Crippen molar-refractivity contribution in [2.75, 3.05) is 33.8 Å². The Morgan fingerprint density at radius 3 is 2.00 bits per heavy atom. The van der Waals surface area contributed by atoms with Crippen LogP contribution in [0.15, 0.2) is 12.1 Å². The van der Waals surface area contributed by atoms with E-state index in [-0.39, 0.29) is 12.3 Å². The zero-order chi connectivity index (χ0) is 14.4. The Labute approximate surface area is 118 Å². The summed E-state index contributed by atoms with van der Waals surface area (Å²) in [5.74, 6) is 1.19. The first kappa shape index (κ1) is 15.9. The average molecular weight is 290 g/mol. The molecule has 108 valence electrons. The van der Waals surface area contributed by atoms with E-state index in [4.69, 9.17) is 30.5 Å². The van der Waals surface area contributed by atoms with Crippen LogP contribution in [0, 0.1) is 0 Å². The normalized spacial score (nSPS) is 12.4. The number of hydrogen-bond donors (Lipinski definition) is 1. The summed E-state index contributed by atoms with van der Waals surface area (Å²) >= 11 is 6.19. The largest absolute Gasteiger partial charge is 0.493 e. The van der Waals surface area contributed by atoms with Gasteiger partial charge in [0.25, 0.3) is 0 Å². The predicted octanol–water partition coefficient (Wildman–Crippen LogP) is 2.78. The highest BCUT2D eigenvalue weighted by atomic mass is 35.5. The lowest BCUT2D eigenvalue weighted by Gasteiger charge is -2.24. The van der Waals surface area contributed by atoms with E-state index in [1.165, 1.54) is 0 Å². The van der Waals surface area contributed by atoms with Crippen molar-refractivity contribution in [2.24, 2.45) is 0 Å². The van der Waals surface area contributed by atoms with Gasteiger partial charge in [0.05, 0.1) is 31.0 Å². The van der Waals surface area contributed by atoms with Gasteiger partial charge in [-0.1, -0.05) is 11.6 Å². The molecular formula is C13H20ClNO4. The van der Waals surface area contributed by atoms with Crippen LogP contribution in [0.25, 0.3) is 0 Å². The zero-order valence-corrected chi connectivity index (χ0v) is 12.6. The van der Waals surface area contributed by atoms with Crippen LogP contribution in [0.5, 0.6) is 11.5 Å². The van der Waals surface area contributed by atoms with Crippen LogP contribution >= 0.6 is 11.6 Å². The Kier molecular flexibility index (Phi) is 6.21. The van der Waals surface area contributed by atoms with Gasteiger partial charge in [-0.05, 0) is 6.92 Å². The molecule has 0 spiro atoms. The molecule has 0 aliphatic rings. The first-order valence-corrected chi connectivity index (χ1v) is 6.18. The summed E-state index contributed by atoms with van der Waals surface area (Å²) in [4.78, 5) is 0. The molecule has 0 radical (unpaired) electrons. The lowest BCUT2D eigenvalue weighted by atomic mass is 10.2. The molecule has 5 nitrogen and oxygen atoms in total. The smallest absolute Gasteiger partial charge is 0.176 e. The fourth-order valence-corrected chi connectivity index (χ4v) is 1.99. The van der Waals surface area contributed by atoms with Crippen LogP contribution in [0.3, 0.4) is 0 Å². The number of benzene rings is 1. The van der Waals surface area contributed by atoms with E-state index in [9.17, 15) is 0 Å². The topological polar surface area (TPSA) is 49.0 Å². The van der Waals surface area contributed by atoms with Crippen LogP contribution < -0.4 is 14.8 Å². The van der Waals surface area contributed by atoms with Crippen LogP contribution in [0.4, 0.5) is 5.69 Å². The summed E-state index contributed by atoms with van der Waals surface area (Å²) in [5.41, 5.74) is 0.728. The van der Waals surface area contributed by atoms with Crippen molar-refractivity contribution in [1.29, 1.82) is 0 Å². The summed E-state index contributed by atoms with van der Waals surface area (Å²) in [6.07, 6.45) is -0.371. The van der Waals surface area contributed by atoms with E-state index in [2.05, 4.69) is 5.32 Å². The molecule has 19 heavy (non-hydrogen) atoms. The van der Waals surface area contributed by atoms with Crippen molar-refractivity contribution in [3.05, 3.63) is 17.2 Å². The molecule has 1 unspecified atom stereocenters. The third-order valence-corrected chi connectivity index (χ3v) is 3.04. The molecule has 1 rings (SSSR count). The Hall–Kier alpha value is -1.17. The quantitative estimate of drug-likeness (QED) is 0.782. The number of methoxy groups -OCH3 is 4. The minimum Gasteiger partial charge on any atom is -0.493 e. The number of hydrogen-bond acceptors (Lipinski definition) is 5. The van der Waals surface area contributed by atoms with Gasteiger partial charge < -0.3 is 24.3 Å². The van der Waals surface area contributed by atoms with Crippen LogP contribution in [0.2, 0.25) is 5.02 Å². The van der Waals surface area contributed by atoms with Gasteiger partial charge >= 0.3 is 0 Å². The number of halogens is 1. The minimum absolute atomic E-state index is 0.0781. The fraction of sp³-hybridized carbons (Fsp3) is 0.538. The minimum atomic E-state index is -0.371. The molecule has 0 bridgehead atoms. The molecule has 0 saturated carbocycles. The summed E-state index contributed by atoms with van der Waals surface area (Å²) in [6.45, 7) is 1.94. The summed E-state index contributed by atoms with van der Waals surface area (Å²) < 4.78 is 20.8.